The maximum Gasteiger partial charge on any atom is 0.240 e. The molecule has 0 spiro atoms. The lowest BCUT2D eigenvalue weighted by molar-refractivity contribution is 0.217. The van der Waals surface area contributed by atoms with E-state index in [0.717, 1.165) is 25.6 Å². The summed E-state index contributed by atoms with van der Waals surface area (Å²) in [5.41, 5.74) is 5.40. The van der Waals surface area contributed by atoms with Crippen LogP contribution in [-0.4, -0.2) is 27.6 Å². The molecule has 0 atom stereocenters. The molecule has 1 heterocycles. The molecule has 0 unspecified atom stereocenters. The highest BCUT2D eigenvalue weighted by Crippen LogP contribution is 2.28. The highest BCUT2D eigenvalue weighted by atomic mass is 16.5. The van der Waals surface area contributed by atoms with Crippen LogP contribution in [0.3, 0.4) is 0 Å². The molecular formula is C12H22N4O. The van der Waals surface area contributed by atoms with E-state index in [4.69, 9.17) is 10.3 Å². The summed E-state index contributed by atoms with van der Waals surface area (Å²) < 4.78 is 5.26. The molecule has 0 aromatic carbocycles. The van der Waals surface area contributed by atoms with E-state index in [1.807, 2.05) is 13.8 Å². The molecule has 0 aliphatic heterocycles. The minimum absolute atomic E-state index is 0.531. The molecule has 1 aliphatic rings. The van der Waals surface area contributed by atoms with E-state index in [9.17, 15) is 0 Å². The van der Waals surface area contributed by atoms with Gasteiger partial charge in [0.1, 0.15) is 0 Å². The lowest BCUT2D eigenvalue weighted by Gasteiger charge is -2.18. The van der Waals surface area contributed by atoms with Crippen molar-refractivity contribution < 1.29 is 4.52 Å². The van der Waals surface area contributed by atoms with E-state index < -0.39 is 5.54 Å². The van der Waals surface area contributed by atoms with Crippen molar-refractivity contribution in [1.82, 2.24) is 15.0 Å². The van der Waals surface area contributed by atoms with Crippen molar-refractivity contribution >= 4 is 0 Å². The van der Waals surface area contributed by atoms with Crippen LogP contribution in [0.2, 0.25) is 0 Å². The van der Waals surface area contributed by atoms with Crippen molar-refractivity contribution in [3.63, 3.8) is 0 Å². The Balaban J connectivity index is 1.99. The molecule has 1 saturated carbocycles. The number of hydrogen-bond acceptors (Lipinski definition) is 5. The largest absolute Gasteiger partial charge is 0.338 e. The molecule has 1 aromatic rings. The van der Waals surface area contributed by atoms with Gasteiger partial charge in [0, 0.05) is 6.04 Å². The Morgan fingerprint density at radius 1 is 1.47 bits per heavy atom. The van der Waals surface area contributed by atoms with Gasteiger partial charge in [0.2, 0.25) is 5.89 Å². The molecule has 5 nitrogen and oxygen atoms in total. The molecular weight excluding hydrogens is 216 g/mol. The van der Waals surface area contributed by atoms with Crippen molar-refractivity contribution in [2.75, 3.05) is 6.54 Å². The molecule has 17 heavy (non-hydrogen) atoms. The first-order valence-electron chi connectivity index (χ1n) is 6.36. The Kier molecular flexibility index (Phi) is 3.49. The van der Waals surface area contributed by atoms with E-state index in [0.29, 0.717) is 11.7 Å². The van der Waals surface area contributed by atoms with E-state index in [1.165, 1.54) is 12.8 Å². The van der Waals surface area contributed by atoms with Gasteiger partial charge in [-0.1, -0.05) is 12.1 Å². The first-order chi connectivity index (χ1) is 8.00. The summed E-state index contributed by atoms with van der Waals surface area (Å²) in [5.74, 6) is 1.26. The Bertz CT molecular complexity index is 365. The second-order valence-corrected chi connectivity index (χ2v) is 5.44. The van der Waals surface area contributed by atoms with Gasteiger partial charge in [-0.3, -0.25) is 4.90 Å². The number of rotatable bonds is 6. The maximum atomic E-state index is 5.93. The fourth-order valence-electron chi connectivity index (χ4n) is 1.87. The van der Waals surface area contributed by atoms with Crippen LogP contribution >= 0.6 is 0 Å². The van der Waals surface area contributed by atoms with E-state index >= 15 is 0 Å². The molecule has 0 saturated heterocycles. The molecule has 1 aromatic heterocycles. The Hall–Kier alpha value is -0.940. The zero-order valence-corrected chi connectivity index (χ0v) is 10.9. The standard InChI is InChI=1S/C12H22N4O/c1-4-7-16(9-5-6-9)8-10-14-11(15-17-10)12(2,3)13/h9H,4-8,13H2,1-3H3. The third kappa shape index (κ3) is 3.26. The predicted molar refractivity (Wildman–Crippen MR) is 65.2 cm³/mol. The number of aromatic nitrogens is 2. The van der Waals surface area contributed by atoms with Gasteiger partial charge in [-0.05, 0) is 39.7 Å². The summed E-state index contributed by atoms with van der Waals surface area (Å²) in [5, 5.41) is 3.94. The summed E-state index contributed by atoms with van der Waals surface area (Å²) in [7, 11) is 0. The summed E-state index contributed by atoms with van der Waals surface area (Å²) in [6.45, 7) is 7.80. The summed E-state index contributed by atoms with van der Waals surface area (Å²) in [4.78, 5) is 6.79. The van der Waals surface area contributed by atoms with Gasteiger partial charge in [-0.15, -0.1) is 0 Å². The average molecular weight is 238 g/mol. The van der Waals surface area contributed by atoms with Crippen molar-refractivity contribution in [1.29, 1.82) is 0 Å². The maximum absolute atomic E-state index is 5.93. The van der Waals surface area contributed by atoms with Gasteiger partial charge in [0.15, 0.2) is 5.82 Å². The second kappa shape index (κ2) is 4.74. The normalized spacial score (nSPS) is 16.8. The molecule has 2 N–H and O–H groups in total. The molecule has 2 rings (SSSR count). The van der Waals surface area contributed by atoms with Gasteiger partial charge in [0.05, 0.1) is 12.1 Å². The summed E-state index contributed by atoms with van der Waals surface area (Å²) in [6.07, 6.45) is 3.74. The SMILES string of the molecule is CCCN(Cc1nc(C(C)(C)N)no1)C1CC1. The first kappa shape index (κ1) is 12.5. The monoisotopic (exact) mass is 238 g/mol. The Labute approximate surface area is 102 Å². The van der Waals surface area contributed by atoms with Crippen LogP contribution in [0.5, 0.6) is 0 Å². The van der Waals surface area contributed by atoms with Crippen LogP contribution in [0.4, 0.5) is 0 Å². The number of nitrogens with two attached hydrogens (primary N) is 1. The molecule has 1 fully saturated rings. The number of hydrogen-bond donors (Lipinski definition) is 1. The quantitative estimate of drug-likeness (QED) is 0.816. The van der Waals surface area contributed by atoms with E-state index in [2.05, 4.69) is 22.0 Å². The molecule has 96 valence electrons. The lowest BCUT2D eigenvalue weighted by Crippen LogP contribution is -2.30. The second-order valence-electron chi connectivity index (χ2n) is 5.44. The zero-order valence-electron chi connectivity index (χ0n) is 10.9. The molecule has 1 aliphatic carbocycles. The zero-order chi connectivity index (χ0) is 12.5. The topological polar surface area (TPSA) is 68.2 Å². The van der Waals surface area contributed by atoms with Crippen LogP contribution in [0.1, 0.15) is 51.7 Å². The Morgan fingerprint density at radius 3 is 2.65 bits per heavy atom. The molecule has 0 amide bonds. The van der Waals surface area contributed by atoms with Crippen molar-refractivity contribution in [2.45, 2.75) is 58.2 Å². The van der Waals surface area contributed by atoms with Crippen LogP contribution in [-0.2, 0) is 12.1 Å². The van der Waals surface area contributed by atoms with Gasteiger partial charge >= 0.3 is 0 Å². The van der Waals surface area contributed by atoms with Crippen LogP contribution in [0, 0.1) is 0 Å². The van der Waals surface area contributed by atoms with Crippen molar-refractivity contribution in [3.05, 3.63) is 11.7 Å². The Morgan fingerprint density at radius 2 is 2.18 bits per heavy atom. The highest BCUT2D eigenvalue weighted by Gasteiger charge is 2.30. The third-order valence-corrected chi connectivity index (χ3v) is 2.96. The first-order valence-corrected chi connectivity index (χ1v) is 6.36. The predicted octanol–water partition coefficient (Wildman–Crippen LogP) is 1.64. The lowest BCUT2D eigenvalue weighted by atomic mass is 10.1. The molecule has 0 radical (unpaired) electrons. The van der Waals surface area contributed by atoms with Crippen molar-refractivity contribution in [2.24, 2.45) is 5.73 Å². The van der Waals surface area contributed by atoms with Gasteiger partial charge in [-0.2, -0.15) is 4.98 Å². The van der Waals surface area contributed by atoms with Crippen LogP contribution in [0.15, 0.2) is 4.52 Å². The van der Waals surface area contributed by atoms with Crippen LogP contribution < -0.4 is 5.73 Å². The van der Waals surface area contributed by atoms with Crippen LogP contribution in [0.25, 0.3) is 0 Å². The summed E-state index contributed by atoms with van der Waals surface area (Å²) >= 11 is 0. The third-order valence-electron chi connectivity index (χ3n) is 2.96. The highest BCUT2D eigenvalue weighted by molar-refractivity contribution is 4.99. The van der Waals surface area contributed by atoms with Gasteiger partial charge in [0.25, 0.3) is 0 Å². The van der Waals surface area contributed by atoms with E-state index in [1.54, 1.807) is 0 Å². The van der Waals surface area contributed by atoms with Gasteiger partial charge in [-0.25, -0.2) is 0 Å². The molecule has 0 bridgehead atoms. The van der Waals surface area contributed by atoms with Crippen molar-refractivity contribution in [3.8, 4) is 0 Å². The minimum Gasteiger partial charge on any atom is -0.338 e. The fourth-order valence-corrected chi connectivity index (χ4v) is 1.87. The minimum atomic E-state index is -0.531. The van der Waals surface area contributed by atoms with E-state index in [-0.39, 0.29) is 0 Å². The smallest absolute Gasteiger partial charge is 0.240 e. The van der Waals surface area contributed by atoms with Gasteiger partial charge < -0.3 is 10.3 Å². The average Bonchev–Trinajstić information content (AvgIpc) is 2.96. The number of nitrogens with zero attached hydrogens (tertiary/aromatic N) is 3. The fraction of sp³-hybridized carbons (Fsp3) is 0.833. The summed E-state index contributed by atoms with van der Waals surface area (Å²) in [6, 6.07) is 0.719. The molecule has 5 heteroatoms.